The highest BCUT2D eigenvalue weighted by atomic mass is 32.2. The first-order valence-corrected chi connectivity index (χ1v) is 8.80. The lowest BCUT2D eigenvalue weighted by atomic mass is 10.1. The molecule has 2 N–H and O–H groups in total. The van der Waals surface area contributed by atoms with Gasteiger partial charge in [-0.1, -0.05) is 0 Å². The van der Waals surface area contributed by atoms with Gasteiger partial charge in [0, 0.05) is 20.2 Å². The molecule has 0 aromatic rings. The van der Waals surface area contributed by atoms with E-state index < -0.39 is 21.4 Å². The number of rotatable bonds is 11. The number of esters is 1. The molecule has 0 spiro atoms. The Morgan fingerprint density at radius 3 is 2.57 bits per heavy atom. The molecule has 0 aliphatic heterocycles. The van der Waals surface area contributed by atoms with E-state index in [0.717, 1.165) is 0 Å². The number of nitrogens with one attached hydrogen (secondary N) is 1. The van der Waals surface area contributed by atoms with Crippen LogP contribution in [0.5, 0.6) is 0 Å². The summed E-state index contributed by atoms with van der Waals surface area (Å²) in [5, 5.41) is 12.7. The molecule has 1 saturated carbocycles. The van der Waals surface area contributed by atoms with Crippen molar-refractivity contribution >= 4 is 15.8 Å². The molecule has 8 heteroatoms. The smallest absolute Gasteiger partial charge is 0.306 e. The van der Waals surface area contributed by atoms with Crippen LogP contribution in [0.2, 0.25) is 0 Å². The summed E-state index contributed by atoms with van der Waals surface area (Å²) in [4.78, 5) is 11.3. The number of aliphatic hydroxyl groups is 1. The van der Waals surface area contributed by atoms with Crippen LogP contribution in [-0.2, 0) is 24.1 Å². The quantitative estimate of drug-likeness (QED) is 0.384. The van der Waals surface area contributed by atoms with Crippen LogP contribution in [0.4, 0.5) is 0 Å². The molecule has 0 saturated heterocycles. The lowest BCUT2D eigenvalue weighted by Crippen LogP contribution is -2.36. The van der Waals surface area contributed by atoms with Crippen LogP contribution in [0.3, 0.4) is 0 Å². The molecule has 0 amide bonds. The molecule has 0 aromatic carbocycles. The van der Waals surface area contributed by atoms with E-state index in [1.807, 2.05) is 0 Å². The van der Waals surface area contributed by atoms with Gasteiger partial charge in [0.1, 0.15) is 0 Å². The van der Waals surface area contributed by atoms with Gasteiger partial charge in [-0.3, -0.25) is 4.79 Å². The molecule has 0 radical (unpaired) electrons. The van der Waals surface area contributed by atoms with Crippen LogP contribution in [0.25, 0.3) is 0 Å². The van der Waals surface area contributed by atoms with E-state index >= 15 is 0 Å². The van der Waals surface area contributed by atoms with Gasteiger partial charge in [-0.15, -0.1) is 0 Å². The summed E-state index contributed by atoms with van der Waals surface area (Å²) in [6, 6.07) is 0. The number of hydrogen-bond acceptors (Lipinski definition) is 7. The largest absolute Gasteiger partial charge is 0.469 e. The van der Waals surface area contributed by atoms with Gasteiger partial charge in [0.05, 0.1) is 37.7 Å². The van der Waals surface area contributed by atoms with Crippen LogP contribution < -0.4 is 5.32 Å². The van der Waals surface area contributed by atoms with Crippen molar-refractivity contribution in [3.8, 4) is 0 Å². The zero-order valence-electron chi connectivity index (χ0n) is 12.6. The van der Waals surface area contributed by atoms with E-state index in [4.69, 9.17) is 4.74 Å². The van der Waals surface area contributed by atoms with E-state index in [9.17, 15) is 18.3 Å². The second-order valence-electron chi connectivity index (χ2n) is 5.66. The Bertz CT molecular complexity index is 432. The van der Waals surface area contributed by atoms with Gasteiger partial charge in [-0.25, -0.2) is 8.42 Å². The molecule has 1 fully saturated rings. The molecule has 1 atom stereocenters. The van der Waals surface area contributed by atoms with Gasteiger partial charge >= 0.3 is 5.97 Å². The molecular weight excluding hydrogens is 298 g/mol. The van der Waals surface area contributed by atoms with E-state index in [-0.39, 0.29) is 30.4 Å². The lowest BCUT2D eigenvalue weighted by molar-refractivity contribution is -0.141. The standard InChI is InChI=1S/C13H25NO6S/c1-19-6-5-14-8-11(15)9-21(17,18)10-13(3-4-13)7-12(16)20-2/h11,14-15H,3-10H2,1-2H3. The second-order valence-corrected chi connectivity index (χ2v) is 7.77. The zero-order chi connectivity index (χ0) is 15.9. The third-order valence-electron chi connectivity index (χ3n) is 3.54. The minimum Gasteiger partial charge on any atom is -0.469 e. The van der Waals surface area contributed by atoms with Crippen molar-refractivity contribution in [2.24, 2.45) is 5.41 Å². The molecule has 1 unspecified atom stereocenters. The van der Waals surface area contributed by atoms with Crippen molar-refractivity contribution in [2.45, 2.75) is 25.4 Å². The zero-order valence-corrected chi connectivity index (χ0v) is 13.4. The van der Waals surface area contributed by atoms with Crippen molar-refractivity contribution in [1.82, 2.24) is 5.32 Å². The first-order chi connectivity index (χ1) is 9.82. The number of aliphatic hydroxyl groups excluding tert-OH is 1. The van der Waals surface area contributed by atoms with Crippen LogP contribution in [0.15, 0.2) is 0 Å². The summed E-state index contributed by atoms with van der Waals surface area (Å²) in [6.07, 6.45) is 0.596. The molecule has 1 aliphatic rings. The van der Waals surface area contributed by atoms with Gasteiger partial charge in [0.25, 0.3) is 0 Å². The Labute approximate surface area is 125 Å². The van der Waals surface area contributed by atoms with Crippen molar-refractivity contribution in [3.63, 3.8) is 0 Å². The average molecular weight is 323 g/mol. The fraction of sp³-hybridized carbons (Fsp3) is 0.923. The lowest BCUT2D eigenvalue weighted by Gasteiger charge is -2.16. The highest BCUT2D eigenvalue weighted by Crippen LogP contribution is 2.50. The van der Waals surface area contributed by atoms with Crippen LogP contribution >= 0.6 is 0 Å². The minimum absolute atomic E-state index is 0.0652. The summed E-state index contributed by atoms with van der Waals surface area (Å²) in [5.41, 5.74) is -0.477. The predicted molar refractivity (Wildman–Crippen MR) is 77.7 cm³/mol. The average Bonchev–Trinajstić information content (AvgIpc) is 3.12. The van der Waals surface area contributed by atoms with Crippen molar-refractivity contribution < 1.29 is 27.8 Å². The topological polar surface area (TPSA) is 102 Å². The van der Waals surface area contributed by atoms with Gasteiger partial charge < -0.3 is 19.9 Å². The predicted octanol–water partition coefficient (Wildman–Crippen LogP) is -0.659. The minimum atomic E-state index is -3.40. The molecule has 0 bridgehead atoms. The van der Waals surface area contributed by atoms with Crippen LogP contribution in [0, 0.1) is 5.41 Å². The number of carbonyl (C=O) groups excluding carboxylic acids is 1. The monoisotopic (exact) mass is 323 g/mol. The van der Waals surface area contributed by atoms with Gasteiger partial charge in [0.15, 0.2) is 9.84 Å². The maximum Gasteiger partial charge on any atom is 0.306 e. The Kier molecular flexibility index (Phi) is 7.05. The van der Waals surface area contributed by atoms with E-state index in [2.05, 4.69) is 10.1 Å². The molecule has 0 aromatic heterocycles. The highest BCUT2D eigenvalue weighted by Gasteiger charge is 2.48. The van der Waals surface area contributed by atoms with E-state index in [0.29, 0.717) is 26.0 Å². The Balaban J connectivity index is 2.38. The molecule has 21 heavy (non-hydrogen) atoms. The number of ether oxygens (including phenoxy) is 2. The Morgan fingerprint density at radius 2 is 2.05 bits per heavy atom. The summed E-state index contributed by atoms with van der Waals surface area (Å²) in [5.74, 6) is -0.746. The van der Waals surface area contributed by atoms with Gasteiger partial charge in [-0.2, -0.15) is 0 Å². The fourth-order valence-electron chi connectivity index (χ4n) is 2.25. The van der Waals surface area contributed by atoms with Crippen LogP contribution in [0.1, 0.15) is 19.3 Å². The Hall–Kier alpha value is -0.700. The number of hydrogen-bond donors (Lipinski definition) is 2. The molecule has 0 heterocycles. The normalized spacial score (nSPS) is 18.2. The van der Waals surface area contributed by atoms with Gasteiger partial charge in [-0.05, 0) is 18.3 Å². The first-order valence-electron chi connectivity index (χ1n) is 6.97. The number of methoxy groups -OCH3 is 2. The fourth-order valence-corrected chi connectivity index (χ4v) is 4.39. The molecule has 124 valence electrons. The van der Waals surface area contributed by atoms with Crippen molar-refractivity contribution in [2.75, 3.05) is 45.4 Å². The van der Waals surface area contributed by atoms with E-state index in [1.54, 1.807) is 7.11 Å². The third-order valence-corrected chi connectivity index (χ3v) is 5.48. The maximum atomic E-state index is 12.1. The SMILES string of the molecule is COCCNCC(O)CS(=O)(=O)CC1(CC(=O)OC)CC1. The van der Waals surface area contributed by atoms with Crippen LogP contribution in [-0.4, -0.2) is 71.0 Å². The second kappa shape index (κ2) is 8.07. The van der Waals surface area contributed by atoms with Crippen molar-refractivity contribution in [1.29, 1.82) is 0 Å². The van der Waals surface area contributed by atoms with Crippen molar-refractivity contribution in [3.05, 3.63) is 0 Å². The van der Waals surface area contributed by atoms with Gasteiger partial charge in [0.2, 0.25) is 0 Å². The molecular formula is C13H25NO6S. The molecule has 7 nitrogen and oxygen atoms in total. The first kappa shape index (κ1) is 18.3. The summed E-state index contributed by atoms with van der Waals surface area (Å²) < 4.78 is 33.6. The third kappa shape index (κ3) is 7.21. The Morgan fingerprint density at radius 1 is 1.38 bits per heavy atom. The number of sulfone groups is 1. The maximum absolute atomic E-state index is 12.1. The van der Waals surface area contributed by atoms with E-state index in [1.165, 1.54) is 7.11 Å². The summed E-state index contributed by atoms with van der Waals surface area (Å²) >= 11 is 0. The molecule has 1 rings (SSSR count). The summed E-state index contributed by atoms with van der Waals surface area (Å²) in [7, 11) is -0.539. The summed E-state index contributed by atoms with van der Waals surface area (Å²) in [6.45, 7) is 1.26. The highest BCUT2D eigenvalue weighted by molar-refractivity contribution is 7.91. The number of carbonyl (C=O) groups is 1. The molecule has 1 aliphatic carbocycles.